The maximum Gasteiger partial charge on any atom is 0.261 e. The zero-order valence-electron chi connectivity index (χ0n) is 13.8. The van der Waals surface area contributed by atoms with Gasteiger partial charge < -0.3 is 20.2 Å². The number of H-pyrrole nitrogens is 2. The number of aromatic hydroxyl groups is 2. The summed E-state index contributed by atoms with van der Waals surface area (Å²) in [6, 6.07) is 10.3. The minimum absolute atomic E-state index is 0.124. The molecule has 4 aromatic rings. The third kappa shape index (κ3) is 2.25. The van der Waals surface area contributed by atoms with E-state index in [1.807, 2.05) is 6.07 Å². The number of benzene rings is 1. The van der Waals surface area contributed by atoms with Crippen LogP contribution in [0, 0.1) is 0 Å². The van der Waals surface area contributed by atoms with Crippen LogP contribution in [0.4, 0.5) is 0 Å². The zero-order chi connectivity index (χ0) is 18.4. The molecule has 0 saturated heterocycles. The summed E-state index contributed by atoms with van der Waals surface area (Å²) in [5, 5.41) is 21.7. The van der Waals surface area contributed by atoms with E-state index in [0.717, 1.165) is 0 Å². The minimum atomic E-state index is -0.496. The second-order valence-electron chi connectivity index (χ2n) is 5.96. The normalized spacial score (nSPS) is 11.3. The van der Waals surface area contributed by atoms with E-state index in [1.165, 1.54) is 6.07 Å². The maximum atomic E-state index is 12.4. The van der Waals surface area contributed by atoms with Gasteiger partial charge in [0.1, 0.15) is 22.8 Å². The highest BCUT2D eigenvalue weighted by atomic mass is 16.3. The molecule has 130 valence electrons. The molecule has 0 radical (unpaired) electrons. The van der Waals surface area contributed by atoms with E-state index in [0.29, 0.717) is 17.4 Å². The van der Waals surface area contributed by atoms with Crippen molar-refractivity contribution < 1.29 is 10.2 Å². The van der Waals surface area contributed by atoms with Gasteiger partial charge >= 0.3 is 0 Å². The van der Waals surface area contributed by atoms with E-state index in [4.69, 9.17) is 0 Å². The van der Waals surface area contributed by atoms with Crippen LogP contribution in [0.5, 0.6) is 11.5 Å². The Morgan fingerprint density at radius 2 is 1.54 bits per heavy atom. The second-order valence-corrected chi connectivity index (χ2v) is 5.96. The van der Waals surface area contributed by atoms with Crippen molar-refractivity contribution in [1.29, 1.82) is 0 Å². The molecule has 0 bridgehead atoms. The fraction of sp³-hybridized carbons (Fsp3) is 0.105. The molecule has 1 aromatic carbocycles. The maximum absolute atomic E-state index is 12.4. The predicted octanol–water partition coefficient (Wildman–Crippen LogP) is 2.41. The lowest BCUT2D eigenvalue weighted by atomic mass is 10.0. The second kappa shape index (κ2) is 5.73. The Morgan fingerprint density at radius 1 is 0.923 bits per heavy atom. The topological polar surface area (TPSA) is 119 Å². The molecule has 3 heterocycles. The monoisotopic (exact) mass is 349 g/mol. The number of nitrogens with zero attached hydrogens (tertiary/aromatic N) is 1. The summed E-state index contributed by atoms with van der Waals surface area (Å²) in [7, 11) is 0. The molecule has 26 heavy (non-hydrogen) atoms. The molecule has 0 atom stereocenters. The number of fused-ring (bicyclic) bond motifs is 2. The van der Waals surface area contributed by atoms with Crippen molar-refractivity contribution in [1.82, 2.24) is 15.0 Å². The summed E-state index contributed by atoms with van der Waals surface area (Å²) in [4.78, 5) is 33.9. The average molecular weight is 349 g/mol. The lowest BCUT2D eigenvalue weighted by Gasteiger charge is -2.10. The smallest absolute Gasteiger partial charge is 0.261 e. The van der Waals surface area contributed by atoms with Crippen LogP contribution in [-0.2, 0) is 6.42 Å². The molecule has 7 heteroatoms. The molecular weight excluding hydrogens is 334 g/mol. The Bertz CT molecular complexity index is 1270. The van der Waals surface area contributed by atoms with Crippen LogP contribution in [-0.4, -0.2) is 25.2 Å². The number of nitrogens with one attached hydrogen (secondary N) is 2. The molecule has 3 aromatic heterocycles. The third-order valence-electron chi connectivity index (χ3n) is 4.44. The van der Waals surface area contributed by atoms with Crippen LogP contribution in [0.2, 0.25) is 0 Å². The predicted molar refractivity (Wildman–Crippen MR) is 98.6 cm³/mol. The van der Waals surface area contributed by atoms with Crippen LogP contribution < -0.4 is 11.1 Å². The van der Waals surface area contributed by atoms with Crippen molar-refractivity contribution in [3.8, 4) is 22.6 Å². The summed E-state index contributed by atoms with van der Waals surface area (Å²) < 4.78 is 0. The first-order valence-corrected chi connectivity index (χ1v) is 8.10. The zero-order valence-corrected chi connectivity index (χ0v) is 13.8. The number of rotatable bonds is 2. The highest BCUT2D eigenvalue weighted by Crippen LogP contribution is 2.34. The average Bonchev–Trinajstić information content (AvgIpc) is 2.62. The first-order valence-electron chi connectivity index (χ1n) is 8.10. The summed E-state index contributed by atoms with van der Waals surface area (Å²) >= 11 is 0. The molecule has 0 aliphatic heterocycles. The van der Waals surface area contributed by atoms with Crippen molar-refractivity contribution in [2.45, 2.75) is 13.3 Å². The molecule has 0 aliphatic carbocycles. The van der Waals surface area contributed by atoms with Crippen LogP contribution in [0.15, 0.2) is 46.0 Å². The Labute approximate surface area is 146 Å². The summed E-state index contributed by atoms with van der Waals surface area (Å²) in [6.07, 6.45) is 0.349. The number of aromatic amines is 2. The van der Waals surface area contributed by atoms with Gasteiger partial charge in [-0.2, -0.15) is 0 Å². The fourth-order valence-electron chi connectivity index (χ4n) is 3.13. The highest BCUT2D eigenvalue weighted by Gasteiger charge is 2.18. The van der Waals surface area contributed by atoms with Crippen molar-refractivity contribution in [3.05, 3.63) is 62.7 Å². The molecule has 0 spiro atoms. The standard InChI is InChI=1S/C19H15N3O4/c1-2-10-14(23)11-8-12-15(24)13(9-6-4-3-5-7-9)19(26)22-17(12)20-16(11)21-18(10)25/h3-8H,2H2,1H3,(H4,20,21,22,23,24,25,26). The van der Waals surface area contributed by atoms with Crippen LogP contribution in [0.3, 0.4) is 0 Å². The molecule has 4 N–H and O–H groups in total. The lowest BCUT2D eigenvalue weighted by molar-refractivity contribution is 0.473. The van der Waals surface area contributed by atoms with Gasteiger partial charge in [0.05, 0.1) is 21.9 Å². The van der Waals surface area contributed by atoms with Crippen molar-refractivity contribution >= 4 is 22.1 Å². The van der Waals surface area contributed by atoms with Gasteiger partial charge in [-0.05, 0) is 18.1 Å². The SMILES string of the molecule is CCc1c(O)c2cc3c(O)c(-c4ccccc4)c(=O)[nH]c3nc2[nH]c1=O. The highest BCUT2D eigenvalue weighted by molar-refractivity contribution is 5.98. The van der Waals surface area contributed by atoms with Gasteiger partial charge in [0, 0.05) is 0 Å². The Hall–Kier alpha value is -3.61. The van der Waals surface area contributed by atoms with Gasteiger partial charge in [0.25, 0.3) is 11.1 Å². The fourth-order valence-corrected chi connectivity index (χ4v) is 3.13. The van der Waals surface area contributed by atoms with E-state index in [1.54, 1.807) is 31.2 Å². The van der Waals surface area contributed by atoms with E-state index >= 15 is 0 Å². The summed E-state index contributed by atoms with van der Waals surface area (Å²) in [5.41, 5.74) is 0.262. The van der Waals surface area contributed by atoms with Crippen LogP contribution in [0.25, 0.3) is 33.2 Å². The van der Waals surface area contributed by atoms with Gasteiger partial charge in [0.2, 0.25) is 0 Å². The molecule has 0 aliphatic rings. The van der Waals surface area contributed by atoms with E-state index in [2.05, 4.69) is 15.0 Å². The molecule has 0 fully saturated rings. The summed E-state index contributed by atoms with van der Waals surface area (Å²) in [6.45, 7) is 1.76. The van der Waals surface area contributed by atoms with E-state index in [-0.39, 0.29) is 39.3 Å². The van der Waals surface area contributed by atoms with Gasteiger partial charge in [-0.15, -0.1) is 0 Å². The third-order valence-corrected chi connectivity index (χ3v) is 4.44. The van der Waals surface area contributed by atoms with Crippen molar-refractivity contribution in [2.75, 3.05) is 0 Å². The van der Waals surface area contributed by atoms with Crippen LogP contribution in [0.1, 0.15) is 12.5 Å². The quantitative estimate of drug-likeness (QED) is 0.414. The van der Waals surface area contributed by atoms with Gasteiger partial charge in [-0.25, -0.2) is 4.98 Å². The molecule has 0 saturated carbocycles. The summed E-state index contributed by atoms with van der Waals surface area (Å²) in [5.74, 6) is -0.402. The molecular formula is C19H15N3O4. The van der Waals surface area contributed by atoms with Crippen molar-refractivity contribution in [2.24, 2.45) is 0 Å². The number of aromatic nitrogens is 3. The molecule has 0 amide bonds. The number of hydrogen-bond donors (Lipinski definition) is 4. The van der Waals surface area contributed by atoms with Gasteiger partial charge in [-0.1, -0.05) is 37.3 Å². The Kier molecular flexibility index (Phi) is 3.50. The Morgan fingerprint density at radius 3 is 2.19 bits per heavy atom. The first-order chi connectivity index (χ1) is 12.5. The van der Waals surface area contributed by atoms with Gasteiger partial charge in [-0.3, -0.25) is 9.59 Å². The first kappa shape index (κ1) is 15.9. The Balaban J connectivity index is 2.13. The largest absolute Gasteiger partial charge is 0.507 e. The number of hydrogen-bond acceptors (Lipinski definition) is 5. The number of pyridine rings is 3. The van der Waals surface area contributed by atoms with E-state index < -0.39 is 11.1 Å². The van der Waals surface area contributed by atoms with E-state index in [9.17, 15) is 19.8 Å². The van der Waals surface area contributed by atoms with Crippen LogP contribution >= 0.6 is 0 Å². The van der Waals surface area contributed by atoms with Gasteiger partial charge in [0.15, 0.2) is 0 Å². The van der Waals surface area contributed by atoms with Crippen molar-refractivity contribution in [3.63, 3.8) is 0 Å². The molecule has 0 unspecified atom stereocenters. The minimum Gasteiger partial charge on any atom is -0.507 e. The molecule has 4 rings (SSSR count). The molecule has 7 nitrogen and oxygen atoms in total. The lowest BCUT2D eigenvalue weighted by Crippen LogP contribution is -2.14.